The molecule has 0 saturated heterocycles. The summed E-state index contributed by atoms with van der Waals surface area (Å²) in [7, 11) is 0. The van der Waals surface area contributed by atoms with Crippen LogP contribution in [0.5, 0.6) is 0 Å². The van der Waals surface area contributed by atoms with Crippen LogP contribution < -0.4 is 4.90 Å². The Bertz CT molecular complexity index is 1190. The zero-order chi connectivity index (χ0) is 25.7. The van der Waals surface area contributed by atoms with Crippen molar-refractivity contribution >= 4 is 23.3 Å². The number of para-hydroxylation sites is 1. The Kier molecular flexibility index (Phi) is 7.97. The summed E-state index contributed by atoms with van der Waals surface area (Å²) in [5, 5.41) is 24.3. The molecule has 1 atom stereocenters. The second-order valence-electron chi connectivity index (χ2n) is 9.68. The van der Waals surface area contributed by atoms with Gasteiger partial charge in [0.05, 0.1) is 6.54 Å². The lowest BCUT2D eigenvalue weighted by atomic mass is 9.99. The molecule has 2 aromatic carbocycles. The SMILES string of the molecule is CCCCC(=O)N(Cc1ccc2c(c1)CCc1ccccc1N2Cc1nnn[nH]1)[C@H](C(=O)O)C(C)C. The van der Waals surface area contributed by atoms with Crippen molar-refractivity contribution in [3.63, 3.8) is 0 Å². The van der Waals surface area contributed by atoms with Crippen molar-refractivity contribution in [2.75, 3.05) is 4.90 Å². The van der Waals surface area contributed by atoms with Crippen LogP contribution in [-0.4, -0.2) is 48.5 Å². The molecule has 0 spiro atoms. The van der Waals surface area contributed by atoms with Crippen LogP contribution in [0.4, 0.5) is 11.4 Å². The lowest BCUT2D eigenvalue weighted by Crippen LogP contribution is -2.47. The van der Waals surface area contributed by atoms with E-state index in [4.69, 9.17) is 0 Å². The van der Waals surface area contributed by atoms with Gasteiger partial charge in [0, 0.05) is 24.3 Å². The van der Waals surface area contributed by atoms with Crippen molar-refractivity contribution in [3.8, 4) is 0 Å². The highest BCUT2D eigenvalue weighted by Gasteiger charge is 2.32. The predicted octanol–water partition coefficient (Wildman–Crippen LogP) is 4.26. The average Bonchev–Trinajstić information content (AvgIpc) is 3.32. The summed E-state index contributed by atoms with van der Waals surface area (Å²) in [6.07, 6.45) is 3.69. The summed E-state index contributed by atoms with van der Waals surface area (Å²) >= 11 is 0. The Morgan fingerprint density at radius 1 is 1.11 bits per heavy atom. The molecule has 0 saturated carbocycles. The van der Waals surface area contributed by atoms with E-state index in [1.807, 2.05) is 39.0 Å². The molecule has 1 aliphatic rings. The number of carbonyl (C=O) groups is 2. The Labute approximate surface area is 211 Å². The molecule has 1 aromatic heterocycles. The molecule has 0 radical (unpaired) electrons. The molecule has 1 aliphatic heterocycles. The number of aryl methyl sites for hydroxylation is 2. The van der Waals surface area contributed by atoms with E-state index in [1.54, 1.807) is 4.90 Å². The summed E-state index contributed by atoms with van der Waals surface area (Å²) in [6.45, 7) is 6.49. The molecule has 36 heavy (non-hydrogen) atoms. The minimum Gasteiger partial charge on any atom is -0.480 e. The summed E-state index contributed by atoms with van der Waals surface area (Å²) in [5.41, 5.74) is 5.49. The third-order valence-corrected chi connectivity index (χ3v) is 6.72. The number of fused-ring (bicyclic) bond motifs is 2. The van der Waals surface area contributed by atoms with Gasteiger partial charge >= 0.3 is 5.97 Å². The molecule has 0 aliphatic carbocycles. The van der Waals surface area contributed by atoms with Gasteiger partial charge in [0.25, 0.3) is 0 Å². The largest absolute Gasteiger partial charge is 0.480 e. The number of amides is 1. The molecule has 2 heterocycles. The number of carbonyl (C=O) groups excluding carboxylic acids is 1. The Hall–Kier alpha value is -3.75. The van der Waals surface area contributed by atoms with E-state index >= 15 is 0 Å². The van der Waals surface area contributed by atoms with Crippen molar-refractivity contribution in [1.29, 1.82) is 0 Å². The molecular formula is C27H34N6O3. The van der Waals surface area contributed by atoms with Crippen molar-refractivity contribution in [3.05, 3.63) is 65.0 Å². The minimum absolute atomic E-state index is 0.111. The molecule has 0 bridgehead atoms. The van der Waals surface area contributed by atoms with Crippen molar-refractivity contribution in [2.24, 2.45) is 5.92 Å². The lowest BCUT2D eigenvalue weighted by Gasteiger charge is -2.32. The van der Waals surface area contributed by atoms with Crippen LogP contribution in [0.2, 0.25) is 0 Å². The number of benzene rings is 2. The quantitative estimate of drug-likeness (QED) is 0.436. The summed E-state index contributed by atoms with van der Waals surface area (Å²) in [5.74, 6) is -0.614. The maximum Gasteiger partial charge on any atom is 0.326 e. The van der Waals surface area contributed by atoms with Gasteiger partial charge in [0.15, 0.2) is 5.82 Å². The van der Waals surface area contributed by atoms with Gasteiger partial charge in [-0.15, -0.1) is 5.10 Å². The maximum absolute atomic E-state index is 13.1. The van der Waals surface area contributed by atoms with E-state index in [-0.39, 0.29) is 18.4 Å². The van der Waals surface area contributed by atoms with Crippen LogP contribution >= 0.6 is 0 Å². The Morgan fingerprint density at radius 3 is 2.56 bits per heavy atom. The maximum atomic E-state index is 13.1. The number of aromatic nitrogens is 4. The van der Waals surface area contributed by atoms with E-state index in [0.717, 1.165) is 48.2 Å². The van der Waals surface area contributed by atoms with E-state index in [0.29, 0.717) is 18.8 Å². The number of hydrogen-bond acceptors (Lipinski definition) is 6. The molecular weight excluding hydrogens is 456 g/mol. The number of unbranched alkanes of at least 4 members (excludes halogenated alkanes) is 1. The van der Waals surface area contributed by atoms with Crippen LogP contribution in [0.25, 0.3) is 0 Å². The number of carboxylic acids is 1. The van der Waals surface area contributed by atoms with Gasteiger partial charge in [-0.2, -0.15) is 0 Å². The zero-order valence-electron chi connectivity index (χ0n) is 21.1. The first-order valence-electron chi connectivity index (χ1n) is 12.6. The number of nitrogens with zero attached hydrogens (tertiary/aromatic N) is 5. The normalized spacial score (nSPS) is 13.6. The molecule has 2 N–H and O–H groups in total. The van der Waals surface area contributed by atoms with Crippen LogP contribution in [0.1, 0.15) is 62.5 Å². The van der Waals surface area contributed by atoms with Crippen LogP contribution in [0, 0.1) is 5.92 Å². The second kappa shape index (κ2) is 11.3. The number of hydrogen-bond donors (Lipinski definition) is 2. The smallest absolute Gasteiger partial charge is 0.326 e. The zero-order valence-corrected chi connectivity index (χ0v) is 21.1. The first kappa shape index (κ1) is 25.3. The van der Waals surface area contributed by atoms with E-state index in [9.17, 15) is 14.7 Å². The number of nitrogens with one attached hydrogen (secondary N) is 1. The molecule has 0 fully saturated rings. The first-order chi connectivity index (χ1) is 17.4. The van der Waals surface area contributed by atoms with Gasteiger partial charge in [-0.05, 0) is 64.4 Å². The fraction of sp³-hybridized carbons (Fsp3) is 0.444. The fourth-order valence-corrected chi connectivity index (χ4v) is 4.94. The van der Waals surface area contributed by atoms with Gasteiger partial charge in [-0.25, -0.2) is 9.89 Å². The molecule has 4 rings (SSSR count). The molecule has 0 unspecified atom stereocenters. The monoisotopic (exact) mass is 490 g/mol. The van der Waals surface area contributed by atoms with Crippen LogP contribution in [0.3, 0.4) is 0 Å². The molecule has 190 valence electrons. The van der Waals surface area contributed by atoms with E-state index in [2.05, 4.69) is 49.8 Å². The third-order valence-electron chi connectivity index (χ3n) is 6.72. The molecule has 9 heteroatoms. The summed E-state index contributed by atoms with van der Waals surface area (Å²) in [6, 6.07) is 13.6. The Balaban J connectivity index is 1.68. The molecule has 1 amide bonds. The van der Waals surface area contributed by atoms with E-state index in [1.165, 1.54) is 5.56 Å². The number of aliphatic carboxylic acids is 1. The van der Waals surface area contributed by atoms with Crippen molar-refractivity contribution < 1.29 is 14.7 Å². The van der Waals surface area contributed by atoms with Crippen molar-refractivity contribution in [1.82, 2.24) is 25.5 Å². The Morgan fingerprint density at radius 2 is 1.86 bits per heavy atom. The minimum atomic E-state index is -0.966. The van der Waals surface area contributed by atoms with Gasteiger partial charge < -0.3 is 14.9 Å². The highest BCUT2D eigenvalue weighted by molar-refractivity contribution is 5.84. The highest BCUT2D eigenvalue weighted by Crippen LogP contribution is 2.37. The lowest BCUT2D eigenvalue weighted by molar-refractivity contribution is -0.153. The van der Waals surface area contributed by atoms with Gasteiger partial charge in [-0.3, -0.25) is 4.79 Å². The standard InChI is InChI=1S/C27H34N6O3/c1-4-5-10-25(34)33(26(18(2)3)27(35)36)16-19-11-14-23-21(15-19)13-12-20-8-6-7-9-22(20)32(23)17-24-28-30-31-29-24/h6-9,11,14-15,18,26H,4-5,10,12-13,16-17H2,1-3H3,(H,35,36)(H,28,29,30,31)/t26-/m0/s1. The highest BCUT2D eigenvalue weighted by atomic mass is 16.4. The van der Waals surface area contributed by atoms with Gasteiger partial charge in [0.1, 0.15) is 6.04 Å². The van der Waals surface area contributed by atoms with Gasteiger partial charge in [-0.1, -0.05) is 57.5 Å². The van der Waals surface area contributed by atoms with Crippen LogP contribution in [0.15, 0.2) is 42.5 Å². The topological polar surface area (TPSA) is 115 Å². The summed E-state index contributed by atoms with van der Waals surface area (Å²) in [4.78, 5) is 29.0. The van der Waals surface area contributed by atoms with Crippen molar-refractivity contribution in [2.45, 2.75) is 72.0 Å². The molecule has 3 aromatic rings. The van der Waals surface area contributed by atoms with Gasteiger partial charge in [0.2, 0.25) is 5.91 Å². The summed E-state index contributed by atoms with van der Waals surface area (Å²) < 4.78 is 0. The van der Waals surface area contributed by atoms with Crippen LogP contribution in [-0.2, 0) is 35.5 Å². The number of carboxylic acid groups (broad SMARTS) is 1. The third kappa shape index (κ3) is 5.56. The number of anilines is 2. The number of tetrazole rings is 1. The average molecular weight is 491 g/mol. The van der Waals surface area contributed by atoms with E-state index < -0.39 is 12.0 Å². The predicted molar refractivity (Wildman–Crippen MR) is 137 cm³/mol. The second-order valence-corrected chi connectivity index (χ2v) is 9.68. The number of rotatable bonds is 10. The number of H-pyrrole nitrogens is 1. The number of aromatic amines is 1. The molecule has 9 nitrogen and oxygen atoms in total. The first-order valence-corrected chi connectivity index (χ1v) is 12.6. The fourth-order valence-electron chi connectivity index (χ4n) is 4.94.